The molecule has 7 heteroatoms. The van der Waals surface area contributed by atoms with Crippen molar-refractivity contribution in [2.24, 2.45) is 5.92 Å². The van der Waals surface area contributed by atoms with Crippen LogP contribution < -0.4 is 15.1 Å². The second-order valence-corrected chi connectivity index (χ2v) is 11.2. The highest BCUT2D eigenvalue weighted by Gasteiger charge is 2.34. The van der Waals surface area contributed by atoms with Crippen LogP contribution in [0.25, 0.3) is 11.0 Å². The first-order chi connectivity index (χ1) is 16.7. The Hall–Kier alpha value is -2.54. The highest BCUT2D eigenvalue weighted by Crippen LogP contribution is 2.42. The molecule has 4 heterocycles. The number of aryl methyl sites for hydroxylation is 2. The molecular weight excluding hydrogens is 444 g/mol. The predicted molar refractivity (Wildman–Crippen MR) is 135 cm³/mol. The summed E-state index contributed by atoms with van der Waals surface area (Å²) in [4.78, 5) is 29.7. The van der Waals surface area contributed by atoms with Gasteiger partial charge in [-0.1, -0.05) is 6.42 Å². The number of ether oxygens (including phenoxy) is 2. The largest absolute Gasteiger partial charge is 0.487 e. The Morgan fingerprint density at radius 1 is 1.20 bits per heavy atom. The van der Waals surface area contributed by atoms with Gasteiger partial charge in [0.15, 0.2) is 6.61 Å². The van der Waals surface area contributed by atoms with Gasteiger partial charge >= 0.3 is 5.63 Å². The monoisotopic (exact) mass is 482 g/mol. The Morgan fingerprint density at radius 3 is 2.83 bits per heavy atom. The number of benzene rings is 1. The summed E-state index contributed by atoms with van der Waals surface area (Å²) in [6.45, 7) is 9.06. The van der Waals surface area contributed by atoms with Crippen LogP contribution in [0.2, 0.25) is 0 Å². The average Bonchev–Trinajstić information content (AvgIpc) is 2.81. The van der Waals surface area contributed by atoms with Crippen molar-refractivity contribution in [1.29, 1.82) is 0 Å². The first-order valence-electron chi connectivity index (χ1n) is 13.1. The molecule has 0 saturated carbocycles. The average molecular weight is 483 g/mol. The lowest BCUT2D eigenvalue weighted by molar-refractivity contribution is -0.133. The number of piperidine rings is 2. The number of nitrogens with zero attached hydrogens (tertiary/aromatic N) is 2. The zero-order valence-electron chi connectivity index (χ0n) is 21.5. The smallest absolute Gasteiger partial charge is 0.336 e. The molecule has 0 aliphatic carbocycles. The topological polar surface area (TPSA) is 72.2 Å². The number of amides is 1. The van der Waals surface area contributed by atoms with Crippen molar-refractivity contribution in [3.8, 4) is 11.5 Å². The quantitative estimate of drug-likeness (QED) is 0.592. The first kappa shape index (κ1) is 24.2. The minimum atomic E-state index is -0.390. The van der Waals surface area contributed by atoms with Crippen LogP contribution in [0, 0.1) is 12.8 Å². The van der Waals surface area contributed by atoms with Crippen molar-refractivity contribution >= 4 is 16.9 Å². The summed E-state index contributed by atoms with van der Waals surface area (Å²) in [5.41, 5.74) is 1.48. The van der Waals surface area contributed by atoms with Gasteiger partial charge in [0.25, 0.3) is 5.91 Å². The molecule has 0 unspecified atom stereocenters. The molecule has 2 saturated heterocycles. The molecule has 190 valence electrons. The van der Waals surface area contributed by atoms with E-state index in [2.05, 4.69) is 4.90 Å². The van der Waals surface area contributed by atoms with Crippen molar-refractivity contribution in [3.05, 3.63) is 33.7 Å². The summed E-state index contributed by atoms with van der Waals surface area (Å²) in [5.74, 6) is 1.67. The number of carbonyl (C=O) groups is 1. The molecule has 3 aliphatic rings. The minimum absolute atomic E-state index is 0.0416. The van der Waals surface area contributed by atoms with E-state index in [-0.39, 0.29) is 23.7 Å². The van der Waals surface area contributed by atoms with Gasteiger partial charge in [0.1, 0.15) is 22.7 Å². The van der Waals surface area contributed by atoms with Gasteiger partial charge in [-0.2, -0.15) is 0 Å². The van der Waals surface area contributed by atoms with Crippen LogP contribution in [0.3, 0.4) is 0 Å². The number of fused-ring (bicyclic) bond motifs is 4. The molecular formula is C28H38N2O5. The predicted octanol–water partition coefficient (Wildman–Crippen LogP) is 4.31. The second-order valence-electron chi connectivity index (χ2n) is 11.2. The molecule has 1 amide bonds. The highest BCUT2D eigenvalue weighted by molar-refractivity contribution is 5.91. The summed E-state index contributed by atoms with van der Waals surface area (Å²) >= 11 is 0. The van der Waals surface area contributed by atoms with Crippen LogP contribution in [0.15, 0.2) is 21.3 Å². The van der Waals surface area contributed by atoms with E-state index in [1.807, 2.05) is 38.8 Å². The van der Waals surface area contributed by atoms with Crippen molar-refractivity contribution in [2.75, 3.05) is 33.3 Å². The van der Waals surface area contributed by atoms with E-state index >= 15 is 0 Å². The van der Waals surface area contributed by atoms with Crippen LogP contribution in [0.5, 0.6) is 11.5 Å². The molecule has 0 N–H and O–H groups in total. The Balaban J connectivity index is 1.34. The van der Waals surface area contributed by atoms with Crippen LogP contribution >= 0.6 is 0 Å². The van der Waals surface area contributed by atoms with Gasteiger partial charge in [0.05, 0.1) is 5.39 Å². The number of likely N-dealkylation sites (N-methyl/N-ethyl adjacent to an activating group) is 1. The van der Waals surface area contributed by atoms with Gasteiger partial charge in [-0.15, -0.1) is 0 Å². The molecule has 3 aliphatic heterocycles. The molecule has 7 nitrogen and oxygen atoms in total. The Kier molecular flexibility index (Phi) is 6.55. The van der Waals surface area contributed by atoms with Crippen LogP contribution in [-0.2, 0) is 11.2 Å². The lowest BCUT2D eigenvalue weighted by Crippen LogP contribution is -2.51. The first-order valence-corrected chi connectivity index (χ1v) is 13.1. The van der Waals surface area contributed by atoms with Crippen LogP contribution in [0.4, 0.5) is 0 Å². The van der Waals surface area contributed by atoms with Crippen molar-refractivity contribution in [1.82, 2.24) is 9.80 Å². The minimum Gasteiger partial charge on any atom is -0.487 e. The summed E-state index contributed by atoms with van der Waals surface area (Å²) in [6.07, 6.45) is 7.80. The molecule has 0 radical (unpaired) electrons. The maximum absolute atomic E-state index is 13.1. The standard InChI is InChI=1S/C28H38N2O5/c1-18-14-25(32)34-27-20-10-11-28(2,3)35-22(20)15-23(26(18)27)33-17-24(31)29(4)16-19-8-7-13-30-12-6-5-9-21(19)30/h14-15,19,21H,5-13,16-17H2,1-4H3/t19-,21+/m0/s1. The summed E-state index contributed by atoms with van der Waals surface area (Å²) in [6, 6.07) is 3.94. The molecule has 1 aromatic carbocycles. The summed E-state index contributed by atoms with van der Waals surface area (Å²) < 4.78 is 18.0. The van der Waals surface area contributed by atoms with Crippen LogP contribution in [-0.4, -0.2) is 60.6 Å². The third kappa shape index (κ3) is 4.92. The SMILES string of the molecule is Cc1cc(=O)oc2c3c(cc(OCC(=O)N(C)C[C@@H]4CCCN5CCCC[C@H]45)c12)OC(C)(C)CC3. The van der Waals surface area contributed by atoms with E-state index < -0.39 is 0 Å². The van der Waals surface area contributed by atoms with Crippen molar-refractivity contribution in [2.45, 2.75) is 77.4 Å². The number of hydrogen-bond acceptors (Lipinski definition) is 6. The van der Waals surface area contributed by atoms with Gasteiger partial charge in [0, 0.05) is 37.3 Å². The lowest BCUT2D eigenvalue weighted by Gasteiger charge is -2.45. The van der Waals surface area contributed by atoms with Crippen molar-refractivity contribution in [3.63, 3.8) is 0 Å². The fourth-order valence-electron chi connectivity index (χ4n) is 6.23. The third-order valence-corrected chi connectivity index (χ3v) is 8.12. The normalized spacial score (nSPS) is 23.8. The fourth-order valence-corrected chi connectivity index (χ4v) is 6.23. The molecule has 0 bridgehead atoms. The Bertz CT molecular complexity index is 1170. The Labute approximate surface area is 207 Å². The Morgan fingerprint density at radius 2 is 2.00 bits per heavy atom. The molecule has 2 aromatic rings. The van der Waals surface area contributed by atoms with Gasteiger partial charge in [-0.3, -0.25) is 4.79 Å². The summed E-state index contributed by atoms with van der Waals surface area (Å²) in [7, 11) is 1.88. The van der Waals surface area contributed by atoms with E-state index in [9.17, 15) is 9.59 Å². The third-order valence-electron chi connectivity index (χ3n) is 8.12. The lowest BCUT2D eigenvalue weighted by atomic mass is 9.83. The van der Waals surface area contributed by atoms with Crippen molar-refractivity contribution < 1.29 is 18.7 Å². The fraction of sp³-hybridized carbons (Fsp3) is 0.643. The van der Waals surface area contributed by atoms with Gasteiger partial charge in [-0.05, 0) is 83.9 Å². The molecule has 5 rings (SSSR count). The molecule has 2 fully saturated rings. The van der Waals surface area contributed by atoms with E-state index in [1.54, 1.807) is 0 Å². The maximum Gasteiger partial charge on any atom is 0.336 e. The van der Waals surface area contributed by atoms with Gasteiger partial charge in [0.2, 0.25) is 0 Å². The van der Waals surface area contributed by atoms with E-state index in [0.717, 1.165) is 35.9 Å². The molecule has 0 spiro atoms. The number of rotatable bonds is 5. The van der Waals surface area contributed by atoms with E-state index in [1.165, 1.54) is 51.3 Å². The highest BCUT2D eigenvalue weighted by atomic mass is 16.5. The second kappa shape index (κ2) is 9.49. The zero-order chi connectivity index (χ0) is 24.7. The van der Waals surface area contributed by atoms with Crippen LogP contribution in [0.1, 0.15) is 63.5 Å². The molecule has 35 heavy (non-hydrogen) atoms. The maximum atomic E-state index is 13.1. The van der Waals surface area contributed by atoms with Gasteiger partial charge < -0.3 is 23.7 Å². The van der Waals surface area contributed by atoms with E-state index in [4.69, 9.17) is 13.9 Å². The number of carbonyl (C=O) groups excluding carboxylic acids is 1. The number of hydrogen-bond donors (Lipinski definition) is 0. The van der Waals surface area contributed by atoms with E-state index in [0.29, 0.717) is 29.0 Å². The molecule has 2 atom stereocenters. The zero-order valence-corrected chi connectivity index (χ0v) is 21.5. The summed E-state index contributed by atoms with van der Waals surface area (Å²) in [5, 5.41) is 0.743. The molecule has 1 aromatic heterocycles. The van der Waals surface area contributed by atoms with Gasteiger partial charge in [-0.25, -0.2) is 4.79 Å².